The largest absolute Gasteiger partial charge is 0.465 e. The Bertz CT molecular complexity index is 1420. The lowest BCUT2D eigenvalue weighted by molar-refractivity contribution is -0.144. The molecule has 16 heteroatoms. The Morgan fingerprint density at radius 2 is 2.13 bits per heavy atom. The van der Waals surface area contributed by atoms with Crippen LogP contribution in [0.2, 0.25) is 0 Å². The molecule has 1 aromatic carbocycles. The Kier molecular flexibility index (Phi) is 8.40. The van der Waals surface area contributed by atoms with Crippen LogP contribution >= 0.6 is 7.75 Å². The second-order valence-electron chi connectivity index (χ2n) is 8.92. The average molecular weight is 561 g/mol. The van der Waals surface area contributed by atoms with E-state index in [2.05, 4.69) is 25.2 Å². The topological polar surface area (TPSA) is 208 Å². The van der Waals surface area contributed by atoms with Crippen LogP contribution in [0.3, 0.4) is 0 Å². The fraction of sp³-hybridized carbons (Fsp3) is 0.435. The monoisotopic (exact) mass is 560 g/mol. The van der Waals surface area contributed by atoms with Crippen LogP contribution in [0, 0.1) is 0 Å². The molecule has 0 aliphatic carbocycles. The Morgan fingerprint density at radius 1 is 1.38 bits per heavy atom. The number of carbonyl (C=O) groups is 1. The molecule has 2 aromatic heterocycles. The number of nitrogens with two attached hydrogens (primary N) is 1. The Morgan fingerprint density at radius 3 is 2.82 bits per heavy atom. The van der Waals surface area contributed by atoms with Crippen LogP contribution in [0.25, 0.3) is 16.0 Å². The molecule has 0 radical (unpaired) electrons. The normalized spacial score (nSPS) is 25.0. The average Bonchev–Trinajstić information content (AvgIpc) is 3.43. The number of aliphatic hydroxyl groups is 1. The van der Waals surface area contributed by atoms with E-state index in [9.17, 15) is 20.0 Å². The number of aromatic nitrogens is 3. The summed E-state index contributed by atoms with van der Waals surface area (Å²) in [5, 5.41) is 21.8. The number of hydrogen-bond donors (Lipinski definition) is 3. The van der Waals surface area contributed by atoms with Crippen molar-refractivity contribution in [3.8, 4) is 5.75 Å². The molecule has 0 bridgehead atoms. The summed E-state index contributed by atoms with van der Waals surface area (Å²) >= 11 is 0. The molecule has 208 valence electrons. The summed E-state index contributed by atoms with van der Waals surface area (Å²) in [6.07, 6.45) is -2.25. The fourth-order valence-corrected chi connectivity index (χ4v) is 5.74. The van der Waals surface area contributed by atoms with Gasteiger partial charge in [-0.05, 0) is 50.6 Å². The van der Waals surface area contributed by atoms with Gasteiger partial charge in [0.15, 0.2) is 5.82 Å². The van der Waals surface area contributed by atoms with Crippen LogP contribution in [-0.2, 0) is 23.4 Å². The summed E-state index contributed by atoms with van der Waals surface area (Å²) in [5.74, 6) is -0.223. The zero-order valence-electron chi connectivity index (χ0n) is 21.4. The molecule has 39 heavy (non-hydrogen) atoms. The molecule has 1 aliphatic heterocycles. The summed E-state index contributed by atoms with van der Waals surface area (Å²) in [4.78, 5) is 19.1. The van der Waals surface area contributed by atoms with Crippen molar-refractivity contribution in [3.63, 3.8) is 0 Å². The van der Waals surface area contributed by atoms with Crippen LogP contribution in [0.5, 0.6) is 5.75 Å². The molecule has 4 N–H and O–H groups in total. The molecule has 4 rings (SSSR count). The standard InChI is InChI=1S/C23H29N8O7P/c1-4-35-22(33)14(2)28-39(34,38-15-8-6-5-7-9-15)36-12-18-19(32)23(3,29-30-25)20(37-18)16-10-11-17-21(24)26-13-27-31(16)17/h5-11,13-14,18-20,32H,4,12H2,1-3H3,(H,28,34)(H2,24,26,27)/t14-,18+,19+,20-,23+,39?/m0/s1. The lowest BCUT2D eigenvalue weighted by atomic mass is 9.88. The van der Waals surface area contributed by atoms with Crippen molar-refractivity contribution in [2.75, 3.05) is 18.9 Å². The maximum Gasteiger partial charge on any atom is 0.459 e. The van der Waals surface area contributed by atoms with Crippen LogP contribution in [-0.4, -0.2) is 62.7 Å². The van der Waals surface area contributed by atoms with E-state index in [4.69, 9.17) is 24.3 Å². The number of azide groups is 1. The smallest absolute Gasteiger partial charge is 0.459 e. The van der Waals surface area contributed by atoms with Gasteiger partial charge in [-0.1, -0.05) is 23.3 Å². The summed E-state index contributed by atoms with van der Waals surface area (Å²) in [5.41, 5.74) is 14.6. The van der Waals surface area contributed by atoms with E-state index in [0.29, 0.717) is 11.2 Å². The van der Waals surface area contributed by atoms with Crippen molar-refractivity contribution < 1.29 is 33.0 Å². The first kappa shape index (κ1) is 28.3. The minimum Gasteiger partial charge on any atom is -0.465 e. The summed E-state index contributed by atoms with van der Waals surface area (Å²) < 4.78 is 37.6. The Hall–Kier alpha value is -3.71. The number of fused-ring (bicyclic) bond motifs is 1. The predicted molar refractivity (Wildman–Crippen MR) is 138 cm³/mol. The molecule has 1 aliphatic rings. The first-order valence-electron chi connectivity index (χ1n) is 12.0. The van der Waals surface area contributed by atoms with E-state index in [1.54, 1.807) is 49.4 Å². The fourth-order valence-electron chi connectivity index (χ4n) is 4.24. The number of carbonyl (C=O) groups excluding carboxylic acids is 1. The maximum atomic E-state index is 13.8. The van der Waals surface area contributed by atoms with Crippen LogP contribution in [0.15, 0.2) is 53.9 Å². The van der Waals surface area contributed by atoms with Gasteiger partial charge in [0.25, 0.3) is 0 Å². The number of para-hydroxylation sites is 1. The third-order valence-corrected chi connectivity index (χ3v) is 7.85. The van der Waals surface area contributed by atoms with E-state index < -0.39 is 50.2 Å². The minimum absolute atomic E-state index is 0.127. The van der Waals surface area contributed by atoms with E-state index in [1.165, 1.54) is 24.7 Å². The summed E-state index contributed by atoms with van der Waals surface area (Å²) in [6.45, 7) is 4.28. The van der Waals surface area contributed by atoms with Crippen LogP contribution in [0.1, 0.15) is 32.6 Å². The summed E-state index contributed by atoms with van der Waals surface area (Å²) in [6, 6.07) is 10.5. The molecule has 6 atom stereocenters. The number of aliphatic hydroxyl groups excluding tert-OH is 1. The quantitative estimate of drug-likeness (QED) is 0.102. The summed E-state index contributed by atoms with van der Waals surface area (Å²) in [7, 11) is -4.22. The van der Waals surface area contributed by atoms with E-state index in [1.807, 2.05) is 0 Å². The SMILES string of the molecule is CCOC(=O)[C@H](C)NP(=O)(OC[C@H]1O[C@@H](c2ccc3c(N)ncnn23)[C@](C)(N=[N+]=[N-])[C@@H]1O)Oc1ccccc1. The molecule has 1 fully saturated rings. The molecule has 15 nitrogen and oxygen atoms in total. The van der Waals surface area contributed by atoms with Gasteiger partial charge in [-0.15, -0.1) is 0 Å². The number of nitrogen functional groups attached to an aromatic ring is 1. The highest BCUT2D eigenvalue weighted by molar-refractivity contribution is 7.52. The van der Waals surface area contributed by atoms with E-state index in [0.717, 1.165) is 0 Å². The number of benzene rings is 1. The second-order valence-corrected chi connectivity index (χ2v) is 10.6. The van der Waals surface area contributed by atoms with Gasteiger partial charge in [0.1, 0.15) is 41.4 Å². The molecule has 3 aromatic rings. The number of nitrogens with zero attached hydrogens (tertiary/aromatic N) is 6. The maximum absolute atomic E-state index is 13.8. The van der Waals surface area contributed by atoms with Crippen LogP contribution in [0.4, 0.5) is 5.82 Å². The van der Waals surface area contributed by atoms with Crippen molar-refractivity contribution in [2.24, 2.45) is 5.11 Å². The van der Waals surface area contributed by atoms with Gasteiger partial charge in [0.05, 0.1) is 25.0 Å². The number of esters is 1. The first-order chi connectivity index (χ1) is 18.6. The van der Waals surface area contributed by atoms with Crippen LogP contribution < -0.4 is 15.3 Å². The predicted octanol–water partition coefficient (Wildman–Crippen LogP) is 2.93. The number of rotatable bonds is 11. The van der Waals surface area contributed by atoms with E-state index in [-0.39, 0.29) is 18.2 Å². The van der Waals surface area contributed by atoms with Gasteiger partial charge in [-0.3, -0.25) is 9.32 Å². The van der Waals surface area contributed by atoms with Crippen molar-refractivity contribution in [1.82, 2.24) is 19.7 Å². The lowest BCUT2D eigenvalue weighted by Crippen LogP contribution is -2.42. The van der Waals surface area contributed by atoms with Gasteiger partial charge < -0.3 is 24.8 Å². The molecule has 1 saturated heterocycles. The van der Waals surface area contributed by atoms with Gasteiger partial charge in [-0.25, -0.2) is 14.1 Å². The Labute approximate surface area is 223 Å². The first-order valence-corrected chi connectivity index (χ1v) is 13.6. The number of hydrogen-bond acceptors (Lipinski definition) is 11. The molecule has 3 heterocycles. The highest BCUT2D eigenvalue weighted by Crippen LogP contribution is 2.49. The highest BCUT2D eigenvalue weighted by Gasteiger charge is 2.55. The van der Waals surface area contributed by atoms with Gasteiger partial charge in [-0.2, -0.15) is 10.2 Å². The van der Waals surface area contributed by atoms with Gasteiger partial charge in [0.2, 0.25) is 0 Å². The molecular weight excluding hydrogens is 531 g/mol. The van der Waals surface area contributed by atoms with Crippen molar-refractivity contribution >= 4 is 25.1 Å². The minimum atomic E-state index is -4.22. The molecule has 0 saturated carbocycles. The van der Waals surface area contributed by atoms with Crippen molar-refractivity contribution in [2.45, 2.75) is 50.7 Å². The second kappa shape index (κ2) is 11.6. The van der Waals surface area contributed by atoms with Gasteiger partial charge in [0, 0.05) is 4.91 Å². The third-order valence-electron chi connectivity index (χ3n) is 6.20. The van der Waals surface area contributed by atoms with Crippen molar-refractivity contribution in [3.05, 3.63) is 64.9 Å². The molecule has 0 spiro atoms. The highest BCUT2D eigenvalue weighted by atomic mass is 31.2. The van der Waals surface area contributed by atoms with Gasteiger partial charge >= 0.3 is 13.7 Å². The lowest BCUT2D eigenvalue weighted by Gasteiger charge is -2.27. The number of nitrogens with one attached hydrogen (secondary N) is 1. The Balaban J connectivity index is 1.60. The van der Waals surface area contributed by atoms with Crippen molar-refractivity contribution in [1.29, 1.82) is 0 Å². The molecule has 1 unspecified atom stereocenters. The number of ether oxygens (including phenoxy) is 2. The molecular formula is C23H29N8O7P. The van der Waals surface area contributed by atoms with E-state index >= 15 is 0 Å². The molecule has 0 amide bonds. The zero-order valence-corrected chi connectivity index (χ0v) is 22.3. The zero-order chi connectivity index (χ0) is 28.2. The number of anilines is 1. The third kappa shape index (κ3) is 5.83.